The van der Waals surface area contributed by atoms with E-state index in [-0.39, 0.29) is 0 Å². The number of aromatic nitrogens is 3. The monoisotopic (exact) mass is 187 g/mol. The highest BCUT2D eigenvalue weighted by molar-refractivity contribution is 5.20. The molecule has 1 aromatic heterocycles. The summed E-state index contributed by atoms with van der Waals surface area (Å²) in [5, 5.41) is 0. The lowest BCUT2D eigenvalue weighted by Gasteiger charge is -2.03. The van der Waals surface area contributed by atoms with Gasteiger partial charge < -0.3 is 4.74 Å². The molecular formula is C10H9N3O. The molecule has 4 heteroatoms. The number of hydrogen-bond acceptors (Lipinski definition) is 4. The van der Waals surface area contributed by atoms with Gasteiger partial charge in [-0.2, -0.15) is 0 Å². The summed E-state index contributed by atoms with van der Waals surface area (Å²) in [6.07, 6.45) is 2.91. The second-order valence-corrected chi connectivity index (χ2v) is 2.66. The molecule has 0 amide bonds. The van der Waals surface area contributed by atoms with Crippen LogP contribution in [0, 0.1) is 0 Å². The third kappa shape index (κ3) is 2.26. The van der Waals surface area contributed by atoms with E-state index in [9.17, 15) is 0 Å². The summed E-state index contributed by atoms with van der Waals surface area (Å²) in [6.45, 7) is 0.368. The first-order valence-corrected chi connectivity index (χ1v) is 4.24. The fourth-order valence-electron chi connectivity index (χ4n) is 1.00. The lowest BCUT2D eigenvalue weighted by Crippen LogP contribution is -2.00. The Labute approximate surface area is 81.6 Å². The maximum Gasteiger partial charge on any atom is 0.169 e. The minimum Gasteiger partial charge on any atom is -0.486 e. The van der Waals surface area contributed by atoms with Crippen LogP contribution in [-0.4, -0.2) is 15.0 Å². The zero-order valence-corrected chi connectivity index (χ0v) is 7.50. The largest absolute Gasteiger partial charge is 0.486 e. The van der Waals surface area contributed by atoms with Crippen molar-refractivity contribution in [3.63, 3.8) is 0 Å². The Kier molecular flexibility index (Phi) is 2.66. The van der Waals surface area contributed by atoms with E-state index in [1.165, 1.54) is 12.7 Å². The predicted molar refractivity (Wildman–Crippen MR) is 50.6 cm³/mol. The predicted octanol–water partition coefficient (Wildman–Crippen LogP) is 1.45. The molecule has 0 saturated carbocycles. The van der Waals surface area contributed by atoms with Crippen molar-refractivity contribution in [2.75, 3.05) is 0 Å². The van der Waals surface area contributed by atoms with Crippen LogP contribution in [0.2, 0.25) is 0 Å². The number of rotatable bonds is 3. The Morgan fingerprint density at radius 1 is 1.00 bits per heavy atom. The Morgan fingerprint density at radius 3 is 2.43 bits per heavy atom. The van der Waals surface area contributed by atoms with E-state index in [4.69, 9.17) is 4.74 Å². The maximum absolute atomic E-state index is 5.44. The molecule has 0 atom stereocenters. The van der Waals surface area contributed by atoms with Crippen LogP contribution >= 0.6 is 0 Å². The highest BCUT2D eigenvalue weighted by Crippen LogP contribution is 2.09. The summed E-state index contributed by atoms with van der Waals surface area (Å²) < 4.78 is 5.44. The van der Waals surface area contributed by atoms with Gasteiger partial charge in [-0.05, 0) is 12.1 Å². The van der Waals surface area contributed by atoms with Gasteiger partial charge >= 0.3 is 0 Å². The minimum absolute atomic E-state index is 0.368. The molecule has 2 rings (SSSR count). The molecule has 0 bridgehead atoms. The summed E-state index contributed by atoms with van der Waals surface area (Å²) in [6, 6.07) is 9.56. The molecule has 0 fully saturated rings. The fourth-order valence-corrected chi connectivity index (χ4v) is 1.00. The lowest BCUT2D eigenvalue weighted by atomic mass is 10.3. The van der Waals surface area contributed by atoms with E-state index in [1.807, 2.05) is 30.3 Å². The van der Waals surface area contributed by atoms with Gasteiger partial charge in [0.15, 0.2) is 5.82 Å². The average molecular weight is 187 g/mol. The van der Waals surface area contributed by atoms with Crippen LogP contribution in [0.15, 0.2) is 43.0 Å². The normalized spacial score (nSPS) is 9.71. The Morgan fingerprint density at radius 2 is 1.71 bits per heavy atom. The zero-order valence-electron chi connectivity index (χ0n) is 7.50. The van der Waals surface area contributed by atoms with Crippen LogP contribution in [0.4, 0.5) is 0 Å². The molecule has 0 aliphatic heterocycles. The number of hydrogen-bond donors (Lipinski definition) is 0. The van der Waals surface area contributed by atoms with Crippen molar-refractivity contribution >= 4 is 0 Å². The third-order valence-electron chi connectivity index (χ3n) is 1.66. The second-order valence-electron chi connectivity index (χ2n) is 2.66. The lowest BCUT2D eigenvalue weighted by molar-refractivity contribution is 0.295. The molecule has 1 aromatic carbocycles. The molecule has 0 aliphatic carbocycles. The van der Waals surface area contributed by atoms with Crippen LogP contribution in [0.5, 0.6) is 5.75 Å². The molecule has 70 valence electrons. The first kappa shape index (κ1) is 8.62. The summed E-state index contributed by atoms with van der Waals surface area (Å²) in [5.74, 6) is 1.44. The van der Waals surface area contributed by atoms with Crippen molar-refractivity contribution in [3.8, 4) is 5.75 Å². The molecule has 0 aliphatic rings. The molecule has 1 heterocycles. The van der Waals surface area contributed by atoms with Crippen LogP contribution in [0.25, 0.3) is 0 Å². The molecule has 14 heavy (non-hydrogen) atoms. The van der Waals surface area contributed by atoms with E-state index in [0.29, 0.717) is 12.4 Å². The standard InChI is InChI=1S/C10H9N3O/c1-2-4-9(5-3-1)14-6-10-12-7-11-8-13-10/h1-5,7-8H,6H2. The highest BCUT2D eigenvalue weighted by Gasteiger charge is 1.95. The number of nitrogens with zero attached hydrogens (tertiary/aromatic N) is 3. The van der Waals surface area contributed by atoms with E-state index in [1.54, 1.807) is 0 Å². The first-order chi connectivity index (χ1) is 6.95. The molecule has 0 N–H and O–H groups in total. The molecule has 4 nitrogen and oxygen atoms in total. The van der Waals surface area contributed by atoms with E-state index in [2.05, 4.69) is 15.0 Å². The summed E-state index contributed by atoms with van der Waals surface area (Å²) in [7, 11) is 0. The van der Waals surface area contributed by atoms with E-state index in [0.717, 1.165) is 5.75 Å². The second kappa shape index (κ2) is 4.32. The van der Waals surface area contributed by atoms with Gasteiger partial charge in [0.05, 0.1) is 0 Å². The van der Waals surface area contributed by atoms with Crippen molar-refractivity contribution in [2.24, 2.45) is 0 Å². The van der Waals surface area contributed by atoms with Gasteiger partial charge in [-0.15, -0.1) is 0 Å². The van der Waals surface area contributed by atoms with Crippen molar-refractivity contribution < 1.29 is 4.74 Å². The van der Waals surface area contributed by atoms with E-state index < -0.39 is 0 Å². The molecular weight excluding hydrogens is 178 g/mol. The Balaban J connectivity index is 1.96. The van der Waals surface area contributed by atoms with E-state index >= 15 is 0 Å². The average Bonchev–Trinajstić information content (AvgIpc) is 2.29. The van der Waals surface area contributed by atoms with Crippen LogP contribution < -0.4 is 4.74 Å². The van der Waals surface area contributed by atoms with Gasteiger partial charge in [-0.25, -0.2) is 15.0 Å². The summed E-state index contributed by atoms with van der Waals surface area (Å²) in [4.78, 5) is 11.6. The SMILES string of the molecule is c1ccc(OCc2ncncn2)cc1. The quantitative estimate of drug-likeness (QED) is 0.729. The smallest absolute Gasteiger partial charge is 0.169 e. The summed E-state index contributed by atoms with van der Waals surface area (Å²) >= 11 is 0. The third-order valence-corrected chi connectivity index (χ3v) is 1.66. The van der Waals surface area contributed by atoms with Gasteiger partial charge in [-0.3, -0.25) is 0 Å². The molecule has 2 aromatic rings. The topological polar surface area (TPSA) is 47.9 Å². The van der Waals surface area contributed by atoms with Crippen molar-refractivity contribution in [1.82, 2.24) is 15.0 Å². The van der Waals surface area contributed by atoms with Gasteiger partial charge in [0.2, 0.25) is 0 Å². The zero-order chi connectivity index (χ0) is 9.64. The van der Waals surface area contributed by atoms with Gasteiger partial charge in [0.1, 0.15) is 25.0 Å². The fraction of sp³-hybridized carbons (Fsp3) is 0.100. The minimum atomic E-state index is 0.368. The number of ether oxygens (including phenoxy) is 1. The van der Waals surface area contributed by atoms with Crippen molar-refractivity contribution in [2.45, 2.75) is 6.61 Å². The number of benzene rings is 1. The highest BCUT2D eigenvalue weighted by atomic mass is 16.5. The van der Waals surface area contributed by atoms with Crippen molar-refractivity contribution in [1.29, 1.82) is 0 Å². The summed E-state index contributed by atoms with van der Waals surface area (Å²) in [5.41, 5.74) is 0. The van der Waals surface area contributed by atoms with Crippen LogP contribution in [-0.2, 0) is 6.61 Å². The Hall–Kier alpha value is -1.97. The molecule has 0 unspecified atom stereocenters. The van der Waals surface area contributed by atoms with Gasteiger partial charge in [0, 0.05) is 0 Å². The Bertz CT molecular complexity index is 338. The molecule has 0 spiro atoms. The van der Waals surface area contributed by atoms with Crippen molar-refractivity contribution in [3.05, 3.63) is 48.8 Å². The van der Waals surface area contributed by atoms with Crippen LogP contribution in [0.1, 0.15) is 5.82 Å². The molecule has 0 radical (unpaired) electrons. The van der Waals surface area contributed by atoms with Gasteiger partial charge in [0.25, 0.3) is 0 Å². The first-order valence-electron chi connectivity index (χ1n) is 4.24. The molecule has 0 saturated heterocycles. The number of para-hydroxylation sites is 1. The maximum atomic E-state index is 5.44. The van der Waals surface area contributed by atoms with Gasteiger partial charge in [-0.1, -0.05) is 18.2 Å². The van der Waals surface area contributed by atoms with Crippen LogP contribution in [0.3, 0.4) is 0 Å².